The molecule has 0 bridgehead atoms. The maximum atomic E-state index is 9.70. The largest absolute Gasteiger partial charge is 0.384 e. The van der Waals surface area contributed by atoms with Gasteiger partial charge in [0.1, 0.15) is 5.54 Å². The Morgan fingerprint density at radius 3 is 2.90 bits per heavy atom. The van der Waals surface area contributed by atoms with Gasteiger partial charge < -0.3 is 9.64 Å². The van der Waals surface area contributed by atoms with Crippen LogP contribution in [0, 0.1) is 23.2 Å². The predicted molar refractivity (Wildman–Crippen MR) is 85.0 cm³/mol. The van der Waals surface area contributed by atoms with Crippen LogP contribution in [0.4, 0.5) is 0 Å². The van der Waals surface area contributed by atoms with Crippen LogP contribution < -0.4 is 5.32 Å². The Morgan fingerprint density at radius 1 is 1.43 bits per heavy atom. The molecule has 1 heterocycles. The number of likely N-dealkylation sites (tertiary alicyclic amines) is 1. The van der Waals surface area contributed by atoms with Crippen LogP contribution in [0.5, 0.6) is 0 Å². The predicted octanol–water partition coefficient (Wildman–Crippen LogP) is 2.41. The van der Waals surface area contributed by atoms with Gasteiger partial charge in [-0.15, -0.1) is 0 Å². The van der Waals surface area contributed by atoms with Gasteiger partial charge in [0.05, 0.1) is 12.7 Å². The van der Waals surface area contributed by atoms with Gasteiger partial charge in [0.2, 0.25) is 0 Å². The van der Waals surface area contributed by atoms with E-state index < -0.39 is 0 Å². The smallest absolute Gasteiger partial charge is 0.109 e. The van der Waals surface area contributed by atoms with Crippen LogP contribution in [0.25, 0.3) is 0 Å². The average Bonchev–Trinajstić information content (AvgIpc) is 3.04. The average molecular weight is 293 g/mol. The summed E-state index contributed by atoms with van der Waals surface area (Å²) >= 11 is 0. The summed E-state index contributed by atoms with van der Waals surface area (Å²) in [6.07, 6.45) is 5.80. The van der Waals surface area contributed by atoms with E-state index in [1.165, 1.54) is 25.8 Å². The molecule has 4 nitrogen and oxygen atoms in total. The molecule has 1 saturated heterocycles. The molecule has 4 heteroatoms. The molecule has 3 unspecified atom stereocenters. The Morgan fingerprint density at radius 2 is 2.24 bits per heavy atom. The molecular weight excluding hydrogens is 262 g/mol. The molecule has 0 aromatic carbocycles. The van der Waals surface area contributed by atoms with Crippen molar-refractivity contribution in [1.29, 1.82) is 5.26 Å². The highest BCUT2D eigenvalue weighted by molar-refractivity contribution is 5.14. The minimum absolute atomic E-state index is 0.278. The van der Waals surface area contributed by atoms with Gasteiger partial charge in [-0.3, -0.25) is 5.32 Å². The van der Waals surface area contributed by atoms with Crippen molar-refractivity contribution in [1.82, 2.24) is 10.2 Å². The van der Waals surface area contributed by atoms with Gasteiger partial charge in [0.25, 0.3) is 0 Å². The Bertz CT molecular complexity index is 366. The first-order valence-electron chi connectivity index (χ1n) is 8.50. The fraction of sp³-hybridized carbons (Fsp3) is 0.941. The van der Waals surface area contributed by atoms with Crippen molar-refractivity contribution < 1.29 is 4.74 Å². The minimum Gasteiger partial charge on any atom is -0.384 e. The van der Waals surface area contributed by atoms with Crippen LogP contribution in [0.15, 0.2) is 0 Å². The number of hydrogen-bond donors (Lipinski definition) is 1. The molecule has 1 N–H and O–H groups in total. The Balaban J connectivity index is 1.83. The zero-order valence-electron chi connectivity index (χ0n) is 13.9. The highest BCUT2D eigenvalue weighted by atomic mass is 16.5. The number of nitrogens with one attached hydrogen (secondary N) is 1. The van der Waals surface area contributed by atoms with Gasteiger partial charge in [-0.1, -0.05) is 6.42 Å². The zero-order chi connectivity index (χ0) is 15.3. The summed E-state index contributed by atoms with van der Waals surface area (Å²) < 4.78 is 5.27. The number of nitriles is 1. The molecule has 3 atom stereocenters. The van der Waals surface area contributed by atoms with Crippen LogP contribution in [-0.2, 0) is 4.74 Å². The molecule has 2 fully saturated rings. The van der Waals surface area contributed by atoms with E-state index in [4.69, 9.17) is 4.74 Å². The summed E-state index contributed by atoms with van der Waals surface area (Å²) in [6, 6.07) is 2.99. The van der Waals surface area contributed by atoms with Crippen LogP contribution in [-0.4, -0.2) is 49.8 Å². The van der Waals surface area contributed by atoms with E-state index in [9.17, 15) is 5.26 Å². The number of nitrogens with zero attached hydrogens (tertiary/aromatic N) is 2. The van der Waals surface area contributed by atoms with Crippen molar-refractivity contribution >= 4 is 0 Å². The number of hydrogen-bond acceptors (Lipinski definition) is 4. The fourth-order valence-corrected chi connectivity index (χ4v) is 4.18. The van der Waals surface area contributed by atoms with Crippen LogP contribution in [0.1, 0.15) is 46.0 Å². The lowest BCUT2D eigenvalue weighted by Gasteiger charge is -2.33. The van der Waals surface area contributed by atoms with Crippen molar-refractivity contribution in [3.05, 3.63) is 0 Å². The fourth-order valence-electron chi connectivity index (χ4n) is 4.18. The molecule has 0 spiro atoms. The second kappa shape index (κ2) is 7.58. The van der Waals surface area contributed by atoms with E-state index in [1.807, 2.05) is 0 Å². The quantitative estimate of drug-likeness (QED) is 0.783. The van der Waals surface area contributed by atoms with E-state index in [2.05, 4.69) is 30.1 Å². The lowest BCUT2D eigenvalue weighted by molar-refractivity contribution is 0.151. The van der Waals surface area contributed by atoms with Crippen LogP contribution in [0.2, 0.25) is 0 Å². The Kier molecular flexibility index (Phi) is 6.04. The molecule has 2 aliphatic rings. The lowest BCUT2D eigenvalue weighted by atomic mass is 9.85. The molecule has 2 rings (SSSR count). The third-order valence-corrected chi connectivity index (χ3v) is 5.13. The summed E-state index contributed by atoms with van der Waals surface area (Å²) in [5.74, 6) is 1.21. The molecule has 0 amide bonds. The molecule has 1 aliphatic heterocycles. The highest BCUT2D eigenvalue weighted by Gasteiger charge is 2.43. The second-order valence-corrected chi connectivity index (χ2v) is 7.17. The van der Waals surface area contributed by atoms with Gasteiger partial charge in [0, 0.05) is 19.7 Å². The molecule has 0 aromatic heterocycles. The van der Waals surface area contributed by atoms with Crippen LogP contribution >= 0.6 is 0 Å². The maximum absolute atomic E-state index is 9.70. The summed E-state index contributed by atoms with van der Waals surface area (Å²) in [5.41, 5.74) is -0.278. The van der Waals surface area contributed by atoms with E-state index in [0.717, 1.165) is 32.5 Å². The monoisotopic (exact) mass is 293 g/mol. The number of rotatable bonds is 7. The standard InChI is InChI=1S/C17H31N3O/c1-14(2)19-17(13-18)8-4-5-16(17)7-10-20-9-6-15(11-20)12-21-3/h14-16,19H,4-12H2,1-3H3. The van der Waals surface area contributed by atoms with Gasteiger partial charge in [0.15, 0.2) is 0 Å². The normalized spacial score (nSPS) is 33.7. The molecule has 0 radical (unpaired) electrons. The van der Waals surface area contributed by atoms with Crippen molar-refractivity contribution in [3.63, 3.8) is 0 Å². The first kappa shape index (κ1) is 16.7. The highest BCUT2D eigenvalue weighted by Crippen LogP contribution is 2.38. The first-order chi connectivity index (χ1) is 10.1. The summed E-state index contributed by atoms with van der Waals surface area (Å²) in [5, 5.41) is 13.3. The van der Waals surface area contributed by atoms with Crippen molar-refractivity contribution in [2.75, 3.05) is 33.4 Å². The summed E-state index contributed by atoms with van der Waals surface area (Å²) in [6.45, 7) is 8.66. The van der Waals surface area contributed by atoms with Crippen molar-refractivity contribution in [3.8, 4) is 6.07 Å². The summed E-state index contributed by atoms with van der Waals surface area (Å²) in [4.78, 5) is 2.56. The van der Waals surface area contributed by atoms with E-state index >= 15 is 0 Å². The van der Waals surface area contributed by atoms with E-state index in [-0.39, 0.29) is 5.54 Å². The van der Waals surface area contributed by atoms with Gasteiger partial charge in [-0.05, 0) is 64.5 Å². The summed E-state index contributed by atoms with van der Waals surface area (Å²) in [7, 11) is 1.79. The second-order valence-electron chi connectivity index (χ2n) is 7.17. The third kappa shape index (κ3) is 4.18. The number of methoxy groups -OCH3 is 1. The van der Waals surface area contributed by atoms with Gasteiger partial charge >= 0.3 is 0 Å². The molecule has 1 saturated carbocycles. The topological polar surface area (TPSA) is 48.3 Å². The molecule has 1 aliphatic carbocycles. The lowest BCUT2D eigenvalue weighted by Crippen LogP contribution is -2.50. The third-order valence-electron chi connectivity index (χ3n) is 5.13. The number of ether oxygens (including phenoxy) is 1. The minimum atomic E-state index is -0.278. The van der Waals surface area contributed by atoms with Crippen molar-refractivity contribution in [2.45, 2.75) is 57.5 Å². The zero-order valence-corrected chi connectivity index (χ0v) is 13.9. The molecule has 21 heavy (non-hydrogen) atoms. The molecule has 120 valence electrons. The SMILES string of the molecule is COCC1CCN(CCC2CCCC2(C#N)NC(C)C)C1. The first-order valence-corrected chi connectivity index (χ1v) is 8.50. The van der Waals surface area contributed by atoms with Crippen LogP contribution in [0.3, 0.4) is 0 Å². The Hall–Kier alpha value is -0.630. The Labute approximate surface area is 129 Å². The molecule has 0 aromatic rings. The van der Waals surface area contributed by atoms with Gasteiger partial charge in [-0.2, -0.15) is 5.26 Å². The maximum Gasteiger partial charge on any atom is 0.109 e. The van der Waals surface area contributed by atoms with E-state index in [1.54, 1.807) is 7.11 Å². The molecular formula is C17H31N3O. The van der Waals surface area contributed by atoms with Gasteiger partial charge in [-0.25, -0.2) is 0 Å². The van der Waals surface area contributed by atoms with E-state index in [0.29, 0.717) is 17.9 Å². The van der Waals surface area contributed by atoms with Crippen molar-refractivity contribution in [2.24, 2.45) is 11.8 Å².